The fraction of sp³-hybridized carbons (Fsp3) is 0.423. The fourth-order valence-electron chi connectivity index (χ4n) is 4.87. The van der Waals surface area contributed by atoms with Crippen molar-refractivity contribution < 1.29 is 49.4 Å². The number of carbonyl (C=O) groups excluding carboxylic acids is 3. The van der Waals surface area contributed by atoms with Crippen molar-refractivity contribution in [3.05, 3.63) is 57.6 Å². The minimum absolute atomic E-state index is 0.0216. The average Bonchev–Trinajstić information content (AvgIpc) is 2.81. The molecular weight excluding hydrogens is 472 g/mol. The van der Waals surface area contributed by atoms with E-state index in [0.717, 1.165) is 0 Å². The maximum Gasteiger partial charge on any atom is 0.308 e. The van der Waals surface area contributed by atoms with Crippen LogP contribution >= 0.6 is 0 Å². The third-order valence-corrected chi connectivity index (χ3v) is 6.79. The number of phenolic OH excluding ortho intramolecular Hbond substituents is 2. The number of hydrogen-bond donors (Lipinski definition) is 5. The summed E-state index contributed by atoms with van der Waals surface area (Å²) < 4.78 is 10.3. The zero-order chi connectivity index (χ0) is 26.5. The Bertz CT molecular complexity index is 1240. The second-order valence-electron chi connectivity index (χ2n) is 9.63. The SMILES string of the molecule is COC(=O)CC(C)(O)Cc1ccc2c(c1O)C(=O)c1ccc(C3CC(O)C(O)C(C)O3)c(O)c1C2=O. The third kappa shape index (κ3) is 4.37. The zero-order valence-corrected chi connectivity index (χ0v) is 20.0. The Kier molecular flexibility index (Phi) is 6.65. The Morgan fingerprint density at radius 1 is 1.06 bits per heavy atom. The first-order valence-electron chi connectivity index (χ1n) is 11.5. The molecule has 4 rings (SSSR count). The lowest BCUT2D eigenvalue weighted by molar-refractivity contribution is -0.163. The van der Waals surface area contributed by atoms with Crippen molar-refractivity contribution in [2.75, 3.05) is 7.11 Å². The summed E-state index contributed by atoms with van der Waals surface area (Å²) in [4.78, 5) is 38.3. The van der Waals surface area contributed by atoms with E-state index in [-0.39, 0.29) is 52.6 Å². The number of aliphatic hydroxyl groups excluding tert-OH is 2. The summed E-state index contributed by atoms with van der Waals surface area (Å²) in [6.45, 7) is 2.96. The number of hydrogen-bond acceptors (Lipinski definition) is 10. The van der Waals surface area contributed by atoms with Crippen LogP contribution < -0.4 is 0 Å². The number of aliphatic hydroxyl groups is 3. The Morgan fingerprint density at radius 3 is 2.22 bits per heavy atom. The Morgan fingerprint density at radius 2 is 1.64 bits per heavy atom. The van der Waals surface area contributed by atoms with E-state index in [9.17, 15) is 39.9 Å². The van der Waals surface area contributed by atoms with Crippen LogP contribution in [0.25, 0.3) is 0 Å². The van der Waals surface area contributed by atoms with Crippen molar-refractivity contribution in [2.45, 2.75) is 63.1 Å². The first kappa shape index (κ1) is 25.8. The third-order valence-electron chi connectivity index (χ3n) is 6.79. The molecule has 0 aromatic heterocycles. The van der Waals surface area contributed by atoms with Crippen LogP contribution in [-0.4, -0.2) is 74.1 Å². The average molecular weight is 501 g/mol. The van der Waals surface area contributed by atoms with E-state index in [2.05, 4.69) is 4.74 Å². The topological polar surface area (TPSA) is 171 Å². The summed E-state index contributed by atoms with van der Waals surface area (Å²) in [7, 11) is 1.18. The number of ketones is 2. The van der Waals surface area contributed by atoms with Gasteiger partial charge in [-0.3, -0.25) is 14.4 Å². The minimum atomic E-state index is -1.58. The van der Waals surface area contributed by atoms with E-state index in [1.54, 1.807) is 6.92 Å². The van der Waals surface area contributed by atoms with E-state index < -0.39 is 59.1 Å². The van der Waals surface area contributed by atoms with E-state index in [4.69, 9.17) is 4.74 Å². The molecule has 0 saturated carbocycles. The van der Waals surface area contributed by atoms with Crippen LogP contribution in [0.3, 0.4) is 0 Å². The van der Waals surface area contributed by atoms with Gasteiger partial charge in [-0.25, -0.2) is 0 Å². The molecule has 2 aromatic carbocycles. The fourth-order valence-corrected chi connectivity index (χ4v) is 4.87. The molecule has 2 aromatic rings. The van der Waals surface area contributed by atoms with Gasteiger partial charge >= 0.3 is 5.97 Å². The Labute approximate surface area is 206 Å². The van der Waals surface area contributed by atoms with Crippen molar-refractivity contribution >= 4 is 17.5 Å². The van der Waals surface area contributed by atoms with Crippen LogP contribution in [0.2, 0.25) is 0 Å². The molecule has 1 heterocycles. The van der Waals surface area contributed by atoms with Crippen LogP contribution in [-0.2, 0) is 20.7 Å². The number of benzene rings is 2. The molecule has 36 heavy (non-hydrogen) atoms. The van der Waals surface area contributed by atoms with Gasteiger partial charge in [0.15, 0.2) is 11.6 Å². The molecule has 1 fully saturated rings. The molecule has 5 unspecified atom stereocenters. The molecule has 10 heteroatoms. The highest BCUT2D eigenvalue weighted by atomic mass is 16.5. The largest absolute Gasteiger partial charge is 0.507 e. The number of aromatic hydroxyl groups is 2. The second kappa shape index (κ2) is 9.29. The van der Waals surface area contributed by atoms with Crippen molar-refractivity contribution in [1.82, 2.24) is 0 Å². The molecule has 0 bridgehead atoms. The van der Waals surface area contributed by atoms with E-state index >= 15 is 0 Å². The molecule has 0 amide bonds. The number of ether oxygens (including phenoxy) is 2. The molecule has 5 N–H and O–H groups in total. The highest BCUT2D eigenvalue weighted by Gasteiger charge is 2.40. The number of esters is 1. The van der Waals surface area contributed by atoms with Gasteiger partial charge in [0.1, 0.15) is 17.6 Å². The normalized spacial score (nSPS) is 25.1. The number of rotatable bonds is 5. The summed E-state index contributed by atoms with van der Waals surface area (Å²) >= 11 is 0. The van der Waals surface area contributed by atoms with Gasteiger partial charge in [-0.2, -0.15) is 0 Å². The molecule has 0 radical (unpaired) electrons. The van der Waals surface area contributed by atoms with Crippen LogP contribution in [0, 0.1) is 0 Å². The van der Waals surface area contributed by atoms with Gasteiger partial charge in [-0.15, -0.1) is 0 Å². The highest BCUT2D eigenvalue weighted by Crippen LogP contribution is 2.43. The van der Waals surface area contributed by atoms with Crippen molar-refractivity contribution in [3.8, 4) is 11.5 Å². The first-order valence-corrected chi connectivity index (χ1v) is 11.5. The summed E-state index contributed by atoms with van der Waals surface area (Å²) in [6, 6.07) is 5.46. The molecule has 10 nitrogen and oxygen atoms in total. The predicted molar refractivity (Wildman–Crippen MR) is 124 cm³/mol. The van der Waals surface area contributed by atoms with Crippen LogP contribution in [0.15, 0.2) is 24.3 Å². The smallest absolute Gasteiger partial charge is 0.308 e. The summed E-state index contributed by atoms with van der Waals surface area (Å²) in [6.07, 6.45) is -4.29. The van der Waals surface area contributed by atoms with E-state index in [1.165, 1.54) is 38.3 Å². The summed E-state index contributed by atoms with van der Waals surface area (Å²) in [5.74, 6) is -3.00. The van der Waals surface area contributed by atoms with Crippen LogP contribution in [0.4, 0.5) is 0 Å². The molecule has 192 valence electrons. The quantitative estimate of drug-likeness (QED) is 0.322. The van der Waals surface area contributed by atoms with Crippen molar-refractivity contribution in [1.29, 1.82) is 0 Å². The van der Waals surface area contributed by atoms with Gasteiger partial charge in [0.2, 0.25) is 0 Å². The van der Waals surface area contributed by atoms with E-state index in [1.807, 2.05) is 0 Å². The lowest BCUT2D eigenvalue weighted by atomic mass is 9.79. The minimum Gasteiger partial charge on any atom is -0.507 e. The second-order valence-corrected chi connectivity index (χ2v) is 9.63. The number of phenols is 2. The molecule has 5 atom stereocenters. The van der Waals surface area contributed by atoms with Crippen molar-refractivity contribution in [3.63, 3.8) is 0 Å². The molecule has 1 saturated heterocycles. The van der Waals surface area contributed by atoms with Crippen molar-refractivity contribution in [2.24, 2.45) is 0 Å². The Hall–Kier alpha value is -3.31. The molecule has 1 aliphatic carbocycles. The first-order chi connectivity index (χ1) is 16.9. The number of methoxy groups -OCH3 is 1. The lowest BCUT2D eigenvalue weighted by Gasteiger charge is -2.36. The van der Waals surface area contributed by atoms with Gasteiger partial charge in [0, 0.05) is 29.5 Å². The van der Waals surface area contributed by atoms with Gasteiger partial charge in [0.25, 0.3) is 0 Å². The maximum absolute atomic E-state index is 13.4. The van der Waals surface area contributed by atoms with E-state index in [0.29, 0.717) is 0 Å². The molecular formula is C26H28O10. The standard InChI is InChI=1S/C26H28O10/c1-11-21(29)16(27)8-17(36-11)13-6-7-15-20(23(13)31)25(33)14-5-4-12(22(30)19(14)24(15)32)9-26(2,34)10-18(28)35-3/h4-7,11,16-17,21,27,29-31,34H,8-10H2,1-3H3. The summed E-state index contributed by atoms with van der Waals surface area (Å²) in [5.41, 5.74) is -1.98. The molecule has 0 spiro atoms. The Balaban J connectivity index is 1.71. The maximum atomic E-state index is 13.4. The highest BCUT2D eigenvalue weighted by molar-refractivity contribution is 6.30. The zero-order valence-electron chi connectivity index (χ0n) is 20.0. The predicted octanol–water partition coefficient (Wildman–Crippen LogP) is 1.30. The van der Waals surface area contributed by atoms with Gasteiger partial charge in [-0.05, 0) is 31.5 Å². The van der Waals surface area contributed by atoms with Gasteiger partial charge in [-0.1, -0.05) is 12.1 Å². The van der Waals surface area contributed by atoms with Crippen LogP contribution in [0.1, 0.15) is 75.8 Å². The molecule has 1 aliphatic heterocycles. The van der Waals surface area contributed by atoms with Gasteiger partial charge < -0.3 is 35.0 Å². The molecule has 2 aliphatic rings. The van der Waals surface area contributed by atoms with Crippen LogP contribution in [0.5, 0.6) is 11.5 Å². The summed E-state index contributed by atoms with van der Waals surface area (Å²) in [5, 5.41) is 52.5. The monoisotopic (exact) mass is 500 g/mol. The van der Waals surface area contributed by atoms with Gasteiger partial charge in [0.05, 0.1) is 48.6 Å². The number of carbonyl (C=O) groups is 3. The lowest BCUT2D eigenvalue weighted by Crippen LogP contribution is -2.44. The number of fused-ring (bicyclic) bond motifs is 2.